The average molecular weight is 243 g/mol. The first-order valence-electron chi connectivity index (χ1n) is 5.92. The molecule has 2 atom stereocenters. The van der Waals surface area contributed by atoms with E-state index < -0.39 is 11.7 Å². The molecule has 4 heteroatoms. The first-order valence-corrected chi connectivity index (χ1v) is 5.92. The summed E-state index contributed by atoms with van der Waals surface area (Å²) < 4.78 is 38.7. The van der Waals surface area contributed by atoms with Gasteiger partial charge in [0.2, 0.25) is 0 Å². The van der Waals surface area contributed by atoms with Gasteiger partial charge in [-0.05, 0) is 30.4 Å². The molecule has 0 amide bonds. The van der Waals surface area contributed by atoms with E-state index >= 15 is 0 Å². The third kappa shape index (κ3) is 2.63. The molecule has 1 aliphatic carbocycles. The molecule has 0 bridgehead atoms. The fraction of sp³-hybridized carbons (Fsp3) is 0.538. The summed E-state index contributed by atoms with van der Waals surface area (Å²) in [6, 6.07) is 5.66. The fourth-order valence-electron chi connectivity index (χ4n) is 2.62. The molecule has 0 heterocycles. The van der Waals surface area contributed by atoms with Crippen molar-refractivity contribution < 1.29 is 13.2 Å². The lowest BCUT2D eigenvalue weighted by Gasteiger charge is -2.30. The van der Waals surface area contributed by atoms with Crippen LogP contribution in [-0.4, -0.2) is 6.04 Å². The molecular weight excluding hydrogens is 227 g/mol. The lowest BCUT2D eigenvalue weighted by Crippen LogP contribution is -2.32. The Hall–Kier alpha value is -1.03. The SMILES string of the molecule is N[C@H]1CCCC[C@H]1c1ccccc1C(F)(F)F. The van der Waals surface area contributed by atoms with Crippen LogP contribution in [0.25, 0.3) is 0 Å². The Labute approximate surface area is 98.8 Å². The Morgan fingerprint density at radius 3 is 2.35 bits per heavy atom. The van der Waals surface area contributed by atoms with Crippen molar-refractivity contribution in [3.05, 3.63) is 35.4 Å². The Kier molecular flexibility index (Phi) is 3.43. The van der Waals surface area contributed by atoms with E-state index in [2.05, 4.69) is 0 Å². The van der Waals surface area contributed by atoms with Crippen LogP contribution >= 0.6 is 0 Å². The zero-order valence-corrected chi connectivity index (χ0v) is 9.50. The van der Waals surface area contributed by atoms with Crippen LogP contribution < -0.4 is 5.73 Å². The number of rotatable bonds is 1. The molecule has 1 nitrogen and oxygen atoms in total. The molecule has 0 saturated heterocycles. The quantitative estimate of drug-likeness (QED) is 0.799. The van der Waals surface area contributed by atoms with E-state index in [-0.39, 0.29) is 12.0 Å². The van der Waals surface area contributed by atoms with Crippen molar-refractivity contribution >= 4 is 0 Å². The molecule has 17 heavy (non-hydrogen) atoms. The minimum atomic E-state index is -4.28. The summed E-state index contributed by atoms with van der Waals surface area (Å²) in [7, 11) is 0. The Balaban J connectivity index is 2.37. The van der Waals surface area contributed by atoms with Crippen LogP contribution in [0.5, 0.6) is 0 Å². The number of benzene rings is 1. The zero-order chi connectivity index (χ0) is 12.5. The highest BCUT2D eigenvalue weighted by Gasteiger charge is 2.36. The highest BCUT2D eigenvalue weighted by atomic mass is 19.4. The minimum Gasteiger partial charge on any atom is -0.327 e. The van der Waals surface area contributed by atoms with Gasteiger partial charge in [0, 0.05) is 6.04 Å². The molecular formula is C13H16F3N. The van der Waals surface area contributed by atoms with Gasteiger partial charge in [0.1, 0.15) is 0 Å². The first kappa shape index (κ1) is 12.4. The summed E-state index contributed by atoms with van der Waals surface area (Å²) in [5.74, 6) is -0.151. The highest BCUT2D eigenvalue weighted by Crippen LogP contribution is 2.39. The molecule has 0 unspecified atom stereocenters. The highest BCUT2D eigenvalue weighted by molar-refractivity contribution is 5.34. The van der Waals surface area contributed by atoms with Crippen LogP contribution in [0.15, 0.2) is 24.3 Å². The largest absolute Gasteiger partial charge is 0.416 e. The predicted molar refractivity (Wildman–Crippen MR) is 60.6 cm³/mol. The Bertz CT molecular complexity index is 386. The lowest BCUT2D eigenvalue weighted by atomic mass is 9.79. The lowest BCUT2D eigenvalue weighted by molar-refractivity contribution is -0.138. The summed E-state index contributed by atoms with van der Waals surface area (Å²) in [4.78, 5) is 0. The second-order valence-corrected chi connectivity index (χ2v) is 4.64. The molecule has 1 saturated carbocycles. The first-order chi connectivity index (χ1) is 8.00. The van der Waals surface area contributed by atoms with E-state index in [1.54, 1.807) is 12.1 Å². The van der Waals surface area contributed by atoms with E-state index in [4.69, 9.17) is 5.73 Å². The average Bonchev–Trinajstić information content (AvgIpc) is 2.28. The van der Waals surface area contributed by atoms with Gasteiger partial charge >= 0.3 is 6.18 Å². The number of hydrogen-bond donors (Lipinski definition) is 1. The number of nitrogens with two attached hydrogens (primary N) is 1. The van der Waals surface area contributed by atoms with E-state index in [0.717, 1.165) is 31.7 Å². The summed E-state index contributed by atoms with van der Waals surface area (Å²) in [6.07, 6.45) is -0.727. The molecule has 1 fully saturated rings. The fourth-order valence-corrected chi connectivity index (χ4v) is 2.62. The van der Waals surface area contributed by atoms with Crippen molar-refractivity contribution in [2.45, 2.75) is 43.8 Å². The van der Waals surface area contributed by atoms with Crippen molar-refractivity contribution in [2.75, 3.05) is 0 Å². The van der Waals surface area contributed by atoms with Gasteiger partial charge in [-0.15, -0.1) is 0 Å². The topological polar surface area (TPSA) is 26.0 Å². The van der Waals surface area contributed by atoms with Gasteiger partial charge in [0.05, 0.1) is 5.56 Å². The van der Waals surface area contributed by atoms with Crippen LogP contribution in [0.3, 0.4) is 0 Å². The number of halogens is 3. The molecule has 1 aromatic rings. The van der Waals surface area contributed by atoms with Crippen LogP contribution in [0.2, 0.25) is 0 Å². The summed E-state index contributed by atoms with van der Waals surface area (Å²) in [5, 5.41) is 0. The van der Waals surface area contributed by atoms with Crippen LogP contribution in [0.4, 0.5) is 13.2 Å². The summed E-state index contributed by atoms with van der Waals surface area (Å²) in [6.45, 7) is 0. The predicted octanol–water partition coefficient (Wildman–Crippen LogP) is 3.69. The van der Waals surface area contributed by atoms with E-state index in [1.807, 2.05) is 0 Å². The molecule has 2 rings (SSSR count). The monoisotopic (exact) mass is 243 g/mol. The van der Waals surface area contributed by atoms with Crippen molar-refractivity contribution in [1.82, 2.24) is 0 Å². The van der Waals surface area contributed by atoms with Gasteiger partial charge < -0.3 is 5.73 Å². The maximum atomic E-state index is 12.9. The number of hydrogen-bond acceptors (Lipinski definition) is 1. The molecule has 0 aromatic heterocycles. The van der Waals surface area contributed by atoms with Crippen LogP contribution in [-0.2, 0) is 6.18 Å². The van der Waals surface area contributed by atoms with Gasteiger partial charge in [-0.2, -0.15) is 13.2 Å². The van der Waals surface area contributed by atoms with E-state index in [1.165, 1.54) is 6.07 Å². The molecule has 2 N–H and O–H groups in total. The maximum Gasteiger partial charge on any atom is 0.416 e. The van der Waals surface area contributed by atoms with Gasteiger partial charge in [-0.25, -0.2) is 0 Å². The van der Waals surface area contributed by atoms with E-state index in [0.29, 0.717) is 5.56 Å². The van der Waals surface area contributed by atoms with Crippen molar-refractivity contribution in [1.29, 1.82) is 0 Å². The molecule has 0 radical (unpaired) electrons. The van der Waals surface area contributed by atoms with Crippen LogP contribution in [0.1, 0.15) is 42.7 Å². The second-order valence-electron chi connectivity index (χ2n) is 4.64. The normalized spacial score (nSPS) is 25.9. The van der Waals surface area contributed by atoms with Crippen molar-refractivity contribution in [3.63, 3.8) is 0 Å². The van der Waals surface area contributed by atoms with Gasteiger partial charge in [0.25, 0.3) is 0 Å². The summed E-state index contributed by atoms with van der Waals surface area (Å²) in [5.41, 5.74) is 5.80. The molecule has 94 valence electrons. The Morgan fingerprint density at radius 1 is 1.06 bits per heavy atom. The van der Waals surface area contributed by atoms with Crippen molar-refractivity contribution in [2.24, 2.45) is 5.73 Å². The summed E-state index contributed by atoms with van der Waals surface area (Å²) >= 11 is 0. The molecule has 1 aromatic carbocycles. The van der Waals surface area contributed by atoms with E-state index in [9.17, 15) is 13.2 Å². The third-order valence-corrected chi connectivity index (χ3v) is 3.49. The van der Waals surface area contributed by atoms with Gasteiger partial charge in [0.15, 0.2) is 0 Å². The van der Waals surface area contributed by atoms with Crippen molar-refractivity contribution in [3.8, 4) is 0 Å². The molecule has 0 spiro atoms. The smallest absolute Gasteiger partial charge is 0.327 e. The van der Waals surface area contributed by atoms with Gasteiger partial charge in [-0.1, -0.05) is 31.0 Å². The Morgan fingerprint density at radius 2 is 1.71 bits per heavy atom. The standard InChI is InChI=1S/C13H16F3N/c14-13(15,16)11-7-3-1-5-9(11)10-6-2-4-8-12(10)17/h1,3,5,7,10,12H,2,4,6,8,17H2/t10-,12-/m0/s1. The van der Waals surface area contributed by atoms with Crippen LogP contribution in [0, 0.1) is 0 Å². The maximum absolute atomic E-state index is 12.9. The molecule has 0 aliphatic heterocycles. The minimum absolute atomic E-state index is 0.146. The van der Waals surface area contributed by atoms with Gasteiger partial charge in [-0.3, -0.25) is 0 Å². The third-order valence-electron chi connectivity index (χ3n) is 3.49. The zero-order valence-electron chi connectivity index (χ0n) is 9.50. The number of alkyl halides is 3. The second kappa shape index (κ2) is 4.69. The molecule has 1 aliphatic rings.